The number of hydrogen-bond acceptors (Lipinski definition) is 4. The van der Waals surface area contributed by atoms with Crippen LogP contribution in [0.3, 0.4) is 0 Å². The number of aliphatic hydroxyl groups is 1. The van der Waals surface area contributed by atoms with Crippen molar-refractivity contribution in [3.63, 3.8) is 0 Å². The predicted octanol–water partition coefficient (Wildman–Crippen LogP) is 1.74. The lowest BCUT2D eigenvalue weighted by Gasteiger charge is -2.22. The van der Waals surface area contributed by atoms with Crippen molar-refractivity contribution in [2.24, 2.45) is 0 Å². The van der Waals surface area contributed by atoms with Crippen molar-refractivity contribution >= 4 is 5.91 Å². The molecule has 0 bridgehead atoms. The summed E-state index contributed by atoms with van der Waals surface area (Å²) in [5, 5.41) is 9.34. The number of halogens is 3. The van der Waals surface area contributed by atoms with Crippen molar-refractivity contribution in [1.29, 1.82) is 0 Å². The van der Waals surface area contributed by atoms with Crippen LogP contribution in [0.15, 0.2) is 24.3 Å². The molecule has 1 heterocycles. The number of nitrogens with zero attached hydrogens (tertiary/aromatic N) is 1. The van der Waals surface area contributed by atoms with E-state index in [4.69, 9.17) is 4.74 Å². The Labute approximate surface area is 131 Å². The van der Waals surface area contributed by atoms with Crippen molar-refractivity contribution in [2.75, 3.05) is 20.3 Å². The average Bonchev–Trinajstić information content (AvgIpc) is 2.91. The molecule has 0 radical (unpaired) electrons. The molecule has 23 heavy (non-hydrogen) atoms. The monoisotopic (exact) mass is 333 g/mol. The van der Waals surface area contributed by atoms with Gasteiger partial charge >= 0.3 is 6.36 Å². The highest BCUT2D eigenvalue weighted by atomic mass is 19.4. The number of methoxy groups -OCH3 is 1. The van der Waals surface area contributed by atoms with Crippen molar-refractivity contribution in [1.82, 2.24) is 4.90 Å². The first-order chi connectivity index (χ1) is 10.8. The van der Waals surface area contributed by atoms with E-state index in [1.165, 1.54) is 24.3 Å². The summed E-state index contributed by atoms with van der Waals surface area (Å²) in [7, 11) is 1.55. The number of benzene rings is 1. The van der Waals surface area contributed by atoms with Gasteiger partial charge in [-0.1, -0.05) is 12.1 Å². The Morgan fingerprint density at radius 1 is 1.35 bits per heavy atom. The molecule has 0 aliphatic carbocycles. The second-order valence-electron chi connectivity index (χ2n) is 5.34. The third-order valence-corrected chi connectivity index (χ3v) is 3.75. The van der Waals surface area contributed by atoms with E-state index in [1.807, 2.05) is 0 Å². The van der Waals surface area contributed by atoms with Gasteiger partial charge in [-0.15, -0.1) is 13.2 Å². The van der Waals surface area contributed by atoms with E-state index in [9.17, 15) is 23.1 Å². The van der Waals surface area contributed by atoms with Crippen molar-refractivity contribution in [2.45, 2.75) is 31.3 Å². The number of alkyl halides is 3. The normalized spacial score (nSPS) is 21.5. The summed E-state index contributed by atoms with van der Waals surface area (Å²) < 4.78 is 45.3. The first-order valence-electron chi connectivity index (χ1n) is 7.10. The Morgan fingerprint density at radius 3 is 2.52 bits per heavy atom. The molecule has 8 heteroatoms. The molecule has 1 amide bonds. The lowest BCUT2D eigenvalue weighted by molar-refractivity contribution is -0.274. The van der Waals surface area contributed by atoms with E-state index in [1.54, 1.807) is 12.0 Å². The summed E-state index contributed by atoms with van der Waals surface area (Å²) >= 11 is 0. The summed E-state index contributed by atoms with van der Waals surface area (Å²) in [4.78, 5) is 13.9. The number of carbonyl (C=O) groups is 1. The second kappa shape index (κ2) is 7.18. The van der Waals surface area contributed by atoms with Crippen LogP contribution in [0.5, 0.6) is 5.75 Å². The van der Waals surface area contributed by atoms with Gasteiger partial charge in [0.25, 0.3) is 0 Å². The predicted molar refractivity (Wildman–Crippen MR) is 74.8 cm³/mol. The molecule has 1 fully saturated rings. The highest BCUT2D eigenvalue weighted by Gasteiger charge is 2.34. The smallest absolute Gasteiger partial charge is 0.406 e. The zero-order chi connectivity index (χ0) is 17.0. The minimum atomic E-state index is -4.74. The van der Waals surface area contributed by atoms with Gasteiger partial charge in [-0.25, -0.2) is 0 Å². The topological polar surface area (TPSA) is 59.0 Å². The molecule has 1 aromatic rings. The number of hydrogen-bond donors (Lipinski definition) is 1. The molecule has 5 nitrogen and oxygen atoms in total. The number of carbonyl (C=O) groups excluding carboxylic acids is 1. The lowest BCUT2D eigenvalue weighted by Crippen LogP contribution is -2.39. The van der Waals surface area contributed by atoms with Gasteiger partial charge in [-0.05, 0) is 24.1 Å². The zero-order valence-electron chi connectivity index (χ0n) is 12.5. The Morgan fingerprint density at radius 2 is 2.00 bits per heavy atom. The van der Waals surface area contributed by atoms with Crippen LogP contribution in [0.2, 0.25) is 0 Å². The van der Waals surface area contributed by atoms with Crippen LogP contribution in [0.25, 0.3) is 0 Å². The molecule has 1 aliphatic heterocycles. The van der Waals surface area contributed by atoms with Crippen LogP contribution in [-0.2, 0) is 16.0 Å². The van der Waals surface area contributed by atoms with Gasteiger partial charge < -0.3 is 19.5 Å². The van der Waals surface area contributed by atoms with E-state index < -0.39 is 6.36 Å². The quantitative estimate of drug-likeness (QED) is 0.892. The Bertz CT molecular complexity index is 533. The van der Waals surface area contributed by atoms with Gasteiger partial charge in [0.1, 0.15) is 5.75 Å². The van der Waals surface area contributed by atoms with Gasteiger partial charge in [-0.3, -0.25) is 4.79 Å². The molecule has 0 unspecified atom stereocenters. The minimum absolute atomic E-state index is 0.0409. The van der Waals surface area contributed by atoms with E-state index in [0.717, 1.165) is 0 Å². The van der Waals surface area contributed by atoms with Crippen LogP contribution in [0.4, 0.5) is 13.2 Å². The standard InChI is InChI=1S/C15H18F3NO4/c1-22-13-7-11(9-20)19(8-13)14(21)6-10-2-4-12(5-3-10)23-15(16,17)18/h2-5,11,13,20H,6-9H2,1H3/t11-,13-/m0/s1. The van der Waals surface area contributed by atoms with Crippen LogP contribution in [0, 0.1) is 0 Å². The maximum absolute atomic E-state index is 12.3. The lowest BCUT2D eigenvalue weighted by atomic mass is 10.1. The molecule has 0 spiro atoms. The molecule has 2 atom stereocenters. The van der Waals surface area contributed by atoms with Crippen molar-refractivity contribution in [3.8, 4) is 5.75 Å². The van der Waals surface area contributed by atoms with Crippen LogP contribution in [-0.4, -0.2) is 54.7 Å². The summed E-state index contributed by atoms with van der Waals surface area (Å²) in [6.07, 6.45) is -4.24. The molecule has 0 aromatic heterocycles. The fourth-order valence-corrected chi connectivity index (χ4v) is 2.61. The first-order valence-corrected chi connectivity index (χ1v) is 7.10. The third-order valence-electron chi connectivity index (χ3n) is 3.75. The fraction of sp³-hybridized carbons (Fsp3) is 0.533. The van der Waals surface area contributed by atoms with Crippen molar-refractivity contribution < 1.29 is 32.5 Å². The molecule has 1 saturated heterocycles. The third kappa shape index (κ3) is 4.84. The van der Waals surface area contributed by atoms with Gasteiger partial charge in [0, 0.05) is 13.7 Å². The van der Waals surface area contributed by atoms with Crippen LogP contribution < -0.4 is 4.74 Å². The summed E-state index contributed by atoms with van der Waals surface area (Å²) in [5.41, 5.74) is 0.571. The van der Waals surface area contributed by atoms with E-state index in [0.29, 0.717) is 18.5 Å². The fourth-order valence-electron chi connectivity index (χ4n) is 2.61. The Kier molecular flexibility index (Phi) is 5.48. The second-order valence-corrected chi connectivity index (χ2v) is 5.34. The molecule has 2 rings (SSSR count). The Balaban J connectivity index is 1.97. The van der Waals surface area contributed by atoms with Gasteiger partial charge in [-0.2, -0.15) is 0 Å². The van der Waals surface area contributed by atoms with Crippen LogP contribution in [0.1, 0.15) is 12.0 Å². The summed E-state index contributed by atoms with van der Waals surface area (Å²) in [6.45, 7) is 0.250. The maximum Gasteiger partial charge on any atom is 0.573 e. The molecule has 0 saturated carbocycles. The average molecular weight is 333 g/mol. The highest BCUT2D eigenvalue weighted by Crippen LogP contribution is 2.24. The van der Waals surface area contributed by atoms with E-state index in [2.05, 4.69) is 4.74 Å². The zero-order valence-corrected chi connectivity index (χ0v) is 12.5. The van der Waals surface area contributed by atoms with E-state index in [-0.39, 0.29) is 36.8 Å². The number of ether oxygens (including phenoxy) is 2. The number of amides is 1. The number of rotatable bonds is 5. The van der Waals surface area contributed by atoms with E-state index >= 15 is 0 Å². The Hall–Kier alpha value is -1.80. The molecular weight excluding hydrogens is 315 g/mol. The molecule has 1 N–H and O–H groups in total. The van der Waals surface area contributed by atoms with Gasteiger partial charge in [0.15, 0.2) is 0 Å². The molecule has 1 aromatic carbocycles. The maximum atomic E-state index is 12.3. The number of likely N-dealkylation sites (tertiary alicyclic amines) is 1. The minimum Gasteiger partial charge on any atom is -0.406 e. The largest absolute Gasteiger partial charge is 0.573 e. The highest BCUT2D eigenvalue weighted by molar-refractivity contribution is 5.79. The molecule has 128 valence electrons. The first kappa shape index (κ1) is 17.6. The molecule has 1 aliphatic rings. The van der Waals surface area contributed by atoms with Gasteiger partial charge in [0.2, 0.25) is 5.91 Å². The van der Waals surface area contributed by atoms with Gasteiger partial charge in [0.05, 0.1) is 25.2 Å². The number of aliphatic hydroxyl groups excluding tert-OH is 1. The summed E-state index contributed by atoms with van der Waals surface area (Å²) in [6, 6.07) is 4.87. The molecular formula is C15H18F3NO4. The summed E-state index contributed by atoms with van der Waals surface area (Å²) in [5.74, 6) is -0.532. The van der Waals surface area contributed by atoms with Crippen LogP contribution >= 0.6 is 0 Å². The SMILES string of the molecule is CO[C@H]1C[C@@H](CO)N(C(=O)Cc2ccc(OC(F)(F)F)cc2)C1. The van der Waals surface area contributed by atoms with Crippen molar-refractivity contribution in [3.05, 3.63) is 29.8 Å².